The van der Waals surface area contributed by atoms with E-state index in [4.69, 9.17) is 4.74 Å². The number of hydrogen-bond donors (Lipinski definition) is 1. The van der Waals surface area contributed by atoms with Gasteiger partial charge in [0.15, 0.2) is 5.05 Å². The van der Waals surface area contributed by atoms with Gasteiger partial charge in [0, 0.05) is 19.1 Å². The van der Waals surface area contributed by atoms with Gasteiger partial charge in [-0.2, -0.15) is 8.42 Å². The third-order valence-electron chi connectivity index (χ3n) is 6.00. The first kappa shape index (κ1) is 24.4. The Hall–Kier alpha value is -2.26. The number of benzene rings is 2. The predicted molar refractivity (Wildman–Crippen MR) is 128 cm³/mol. The van der Waals surface area contributed by atoms with E-state index in [1.54, 1.807) is 4.90 Å². The van der Waals surface area contributed by atoms with Crippen LogP contribution in [0.2, 0.25) is 0 Å². The summed E-state index contributed by atoms with van der Waals surface area (Å²) in [5, 5.41) is 5.72. The Balaban J connectivity index is 0.000000238. The summed E-state index contributed by atoms with van der Waals surface area (Å²) in [5.41, 5.74) is 0. The minimum atomic E-state index is -2.43. The molecule has 32 heavy (non-hydrogen) atoms. The van der Waals surface area contributed by atoms with Crippen LogP contribution in [0.4, 0.5) is 0 Å². The summed E-state index contributed by atoms with van der Waals surface area (Å²) in [6.07, 6.45) is 3.66. The molecule has 0 aliphatic carbocycles. The minimum Gasteiger partial charge on any atom is -0.339 e. The Morgan fingerprint density at radius 2 is 1.69 bits per heavy atom. The fraction of sp³-hybridized carbons (Fsp3) is 0.500. The first-order valence-corrected chi connectivity index (χ1v) is 12.2. The molecule has 2 aliphatic heterocycles. The van der Waals surface area contributed by atoms with Crippen molar-refractivity contribution in [3.63, 3.8) is 0 Å². The van der Waals surface area contributed by atoms with Crippen LogP contribution in [0.1, 0.15) is 25.7 Å². The number of carbonyl (C=O) groups excluding carboxylic acids is 1. The molecule has 2 heterocycles. The average molecular weight is 460 g/mol. The zero-order valence-corrected chi connectivity index (χ0v) is 19.7. The molecule has 8 heteroatoms. The van der Waals surface area contributed by atoms with Crippen molar-refractivity contribution in [3.8, 4) is 0 Å². The lowest BCUT2D eigenvalue weighted by Crippen LogP contribution is -2.43. The lowest BCUT2D eigenvalue weighted by atomic mass is 10.1. The van der Waals surface area contributed by atoms with Gasteiger partial charge in [-0.15, -0.1) is 0 Å². The first-order valence-electron chi connectivity index (χ1n) is 11.2. The number of likely N-dealkylation sites (tertiary alicyclic amines) is 1. The van der Waals surface area contributed by atoms with Crippen molar-refractivity contribution in [1.82, 2.24) is 15.1 Å². The Kier molecular flexibility index (Phi) is 9.23. The van der Waals surface area contributed by atoms with Gasteiger partial charge in [-0.1, -0.05) is 55.0 Å². The van der Waals surface area contributed by atoms with Crippen LogP contribution in [0, 0.1) is 0 Å². The van der Waals surface area contributed by atoms with Crippen LogP contribution in [-0.4, -0.2) is 81.6 Å². The van der Waals surface area contributed by atoms with Crippen molar-refractivity contribution in [2.24, 2.45) is 0 Å². The highest BCUT2D eigenvalue weighted by Crippen LogP contribution is 2.14. The molecule has 0 bridgehead atoms. The second kappa shape index (κ2) is 12.1. The molecule has 0 radical (unpaired) electrons. The molecular formula is C24H33N3O4S. The third kappa shape index (κ3) is 6.87. The molecule has 0 aromatic heterocycles. The molecular weight excluding hydrogens is 426 g/mol. The van der Waals surface area contributed by atoms with E-state index in [0.29, 0.717) is 19.1 Å². The van der Waals surface area contributed by atoms with E-state index in [2.05, 4.69) is 58.7 Å². The quantitative estimate of drug-likeness (QED) is 0.706. The number of ether oxygens (including phenoxy) is 1. The number of hydrogen-bond acceptors (Lipinski definition) is 6. The number of likely N-dealkylation sites (N-methyl/N-ethyl adjacent to an activating group) is 1. The molecule has 2 saturated heterocycles. The molecule has 2 unspecified atom stereocenters. The molecule has 2 aliphatic rings. The second-order valence-corrected chi connectivity index (χ2v) is 9.31. The molecule has 7 nitrogen and oxygen atoms in total. The van der Waals surface area contributed by atoms with Gasteiger partial charge in [0.05, 0.1) is 6.04 Å². The number of piperidine rings is 1. The fourth-order valence-electron chi connectivity index (χ4n) is 4.06. The largest absolute Gasteiger partial charge is 0.339 e. The van der Waals surface area contributed by atoms with Gasteiger partial charge in [0.2, 0.25) is 16.2 Å². The van der Waals surface area contributed by atoms with E-state index < -0.39 is 10.3 Å². The monoisotopic (exact) mass is 459 g/mol. The van der Waals surface area contributed by atoms with Gasteiger partial charge < -0.3 is 19.9 Å². The summed E-state index contributed by atoms with van der Waals surface area (Å²) in [6.45, 7) is 1.94. The molecule has 174 valence electrons. The van der Waals surface area contributed by atoms with Crippen molar-refractivity contribution in [1.29, 1.82) is 0 Å². The van der Waals surface area contributed by atoms with E-state index in [-0.39, 0.29) is 23.6 Å². The summed E-state index contributed by atoms with van der Waals surface area (Å²) in [7, 11) is 1.56. The van der Waals surface area contributed by atoms with Crippen LogP contribution in [0.3, 0.4) is 0 Å². The highest BCUT2D eigenvalue weighted by molar-refractivity contribution is 7.72. The van der Waals surface area contributed by atoms with Crippen LogP contribution in [-0.2, 0) is 19.8 Å². The van der Waals surface area contributed by atoms with Crippen LogP contribution < -0.4 is 5.32 Å². The maximum Gasteiger partial charge on any atom is 0.249 e. The van der Waals surface area contributed by atoms with Gasteiger partial charge in [0.1, 0.15) is 6.61 Å². The molecule has 0 spiro atoms. The number of nitrogens with one attached hydrogen (secondary N) is 1. The van der Waals surface area contributed by atoms with Crippen molar-refractivity contribution in [2.45, 2.75) is 37.8 Å². The highest BCUT2D eigenvalue weighted by atomic mass is 32.2. The van der Waals surface area contributed by atoms with E-state index >= 15 is 0 Å². The summed E-state index contributed by atoms with van der Waals surface area (Å²) >= 11 is 0. The summed E-state index contributed by atoms with van der Waals surface area (Å²) < 4.78 is 28.0. The number of nitrogens with zero attached hydrogens (tertiary/aromatic N) is 2. The number of carbonyl (C=O) groups is 1. The van der Waals surface area contributed by atoms with Gasteiger partial charge in [-0.25, -0.2) is 0 Å². The van der Waals surface area contributed by atoms with Crippen molar-refractivity contribution < 1.29 is 17.9 Å². The topological polar surface area (TPSA) is 79.0 Å². The number of rotatable bonds is 4. The normalized spacial score (nSPS) is 20.7. The third-order valence-corrected chi connectivity index (χ3v) is 6.73. The van der Waals surface area contributed by atoms with Gasteiger partial charge in [-0.3, -0.25) is 4.79 Å². The Morgan fingerprint density at radius 1 is 1.06 bits per heavy atom. The highest BCUT2D eigenvalue weighted by Gasteiger charge is 2.28. The number of amides is 1. The molecule has 0 saturated carbocycles. The van der Waals surface area contributed by atoms with E-state index in [9.17, 15) is 13.2 Å². The van der Waals surface area contributed by atoms with Crippen molar-refractivity contribution in [2.75, 3.05) is 40.3 Å². The molecule has 2 atom stereocenters. The van der Waals surface area contributed by atoms with Gasteiger partial charge in [-0.05, 0) is 50.7 Å². The van der Waals surface area contributed by atoms with Gasteiger partial charge >= 0.3 is 0 Å². The summed E-state index contributed by atoms with van der Waals surface area (Å²) in [5.74, 6) is -0.150. The van der Waals surface area contributed by atoms with E-state index in [0.717, 1.165) is 32.2 Å². The SMILES string of the molecule is CN(C)C1CCN(C(=O)COC(C2CCCCN2)=S(=O)=O)C1.c1ccc2ccccc2c1. The molecule has 2 aromatic carbocycles. The van der Waals surface area contributed by atoms with Crippen LogP contribution in [0.25, 0.3) is 10.8 Å². The zero-order valence-electron chi connectivity index (χ0n) is 18.9. The van der Waals surface area contributed by atoms with Crippen LogP contribution in [0.15, 0.2) is 48.5 Å². The standard InChI is InChI=1S/C14H25N3O4S.C10H8/c1-16(2)11-6-8-17(9-11)13(18)10-21-14(22(19)20)12-5-3-4-7-15-12;1-2-6-10-8-4-3-7-9(10)5-1/h11-12,15H,3-10H2,1-2H3;1-8H. The Bertz CT molecular complexity index is 959. The predicted octanol–water partition coefficient (Wildman–Crippen LogP) is 2.16. The molecule has 1 N–H and O–H groups in total. The minimum absolute atomic E-state index is 0.0311. The maximum absolute atomic E-state index is 12.2. The number of fused-ring (bicyclic) bond motifs is 1. The molecule has 2 aromatic rings. The first-order chi connectivity index (χ1) is 15.5. The van der Waals surface area contributed by atoms with Crippen LogP contribution in [0.5, 0.6) is 0 Å². The van der Waals surface area contributed by atoms with Crippen LogP contribution >= 0.6 is 0 Å². The van der Waals surface area contributed by atoms with E-state index in [1.165, 1.54) is 10.8 Å². The lowest BCUT2D eigenvalue weighted by Gasteiger charge is -2.24. The summed E-state index contributed by atoms with van der Waals surface area (Å²) in [4.78, 5) is 16.0. The molecule has 1 amide bonds. The van der Waals surface area contributed by atoms with Crippen molar-refractivity contribution >= 4 is 32.0 Å². The molecule has 4 rings (SSSR count). The fourth-order valence-corrected chi connectivity index (χ4v) is 4.65. The average Bonchev–Trinajstić information content (AvgIpc) is 3.31. The maximum atomic E-state index is 12.2. The van der Waals surface area contributed by atoms with E-state index in [1.807, 2.05) is 14.1 Å². The Labute approximate surface area is 191 Å². The Morgan fingerprint density at radius 3 is 2.16 bits per heavy atom. The summed E-state index contributed by atoms with van der Waals surface area (Å²) in [6, 6.07) is 16.8. The second-order valence-electron chi connectivity index (χ2n) is 8.44. The molecule has 2 fully saturated rings. The smallest absolute Gasteiger partial charge is 0.249 e. The lowest BCUT2D eigenvalue weighted by molar-refractivity contribution is -0.132. The van der Waals surface area contributed by atoms with Gasteiger partial charge in [0.25, 0.3) is 0 Å². The van der Waals surface area contributed by atoms with Crippen molar-refractivity contribution in [3.05, 3.63) is 48.5 Å². The zero-order chi connectivity index (χ0) is 22.9.